The Kier molecular flexibility index (Phi) is 3.90. The first-order valence-electron chi connectivity index (χ1n) is 5.85. The normalized spacial score (nSPS) is 11.1. The topological polar surface area (TPSA) is 42.2 Å². The van der Waals surface area contributed by atoms with E-state index in [9.17, 15) is 4.79 Å². The third-order valence-corrected chi connectivity index (χ3v) is 3.64. The molecule has 0 atom stereocenters. The molecule has 4 heteroatoms. The Morgan fingerprint density at radius 2 is 2.00 bits per heavy atom. The maximum atomic E-state index is 10.6. The number of carboxylic acid groups (broad SMARTS) is 1. The quantitative estimate of drug-likeness (QED) is 0.870. The molecule has 0 unspecified atom stereocenters. The number of halogens is 1. The van der Waals surface area contributed by atoms with Gasteiger partial charge in [0.15, 0.2) is 0 Å². The molecule has 3 nitrogen and oxygen atoms in total. The lowest BCUT2D eigenvalue weighted by atomic mass is 10.2. The molecule has 0 saturated carbocycles. The zero-order chi connectivity index (χ0) is 14.0. The monoisotopic (exact) mass is 319 g/mol. The molecule has 0 aliphatic rings. The molecule has 0 bridgehead atoms. The Hall–Kier alpha value is -1.81. The van der Waals surface area contributed by atoms with E-state index in [1.165, 1.54) is 0 Å². The Bertz CT molecular complexity index is 656. The molecule has 2 aromatic rings. The molecule has 0 amide bonds. The van der Waals surface area contributed by atoms with Crippen molar-refractivity contribution in [1.82, 2.24) is 4.57 Å². The summed E-state index contributed by atoms with van der Waals surface area (Å²) in [6, 6.07) is 9.93. The number of nitrogens with zero attached hydrogens (tertiary/aromatic N) is 1. The number of aliphatic carboxylic acids is 1. The Morgan fingerprint density at radius 3 is 2.63 bits per heavy atom. The van der Waals surface area contributed by atoms with E-state index in [2.05, 4.69) is 20.5 Å². The highest BCUT2D eigenvalue weighted by Gasteiger charge is 2.10. The van der Waals surface area contributed by atoms with Crippen LogP contribution in [0.5, 0.6) is 0 Å². The van der Waals surface area contributed by atoms with Crippen molar-refractivity contribution in [2.45, 2.75) is 13.8 Å². The van der Waals surface area contributed by atoms with Gasteiger partial charge >= 0.3 is 5.97 Å². The third-order valence-electron chi connectivity index (χ3n) is 2.97. The largest absolute Gasteiger partial charge is 0.478 e. The Morgan fingerprint density at radius 1 is 1.32 bits per heavy atom. The van der Waals surface area contributed by atoms with Gasteiger partial charge in [0.1, 0.15) is 0 Å². The summed E-state index contributed by atoms with van der Waals surface area (Å²) in [5, 5.41) is 8.70. The summed E-state index contributed by atoms with van der Waals surface area (Å²) >= 11 is 3.54. The minimum absolute atomic E-state index is 0.913. The maximum Gasteiger partial charge on any atom is 0.328 e. The van der Waals surface area contributed by atoms with E-state index in [1.54, 1.807) is 6.08 Å². The van der Waals surface area contributed by atoms with Gasteiger partial charge in [0.2, 0.25) is 0 Å². The fraction of sp³-hybridized carbons (Fsp3) is 0.133. The fourth-order valence-corrected chi connectivity index (χ4v) is 2.58. The van der Waals surface area contributed by atoms with Gasteiger partial charge in [0.05, 0.1) is 5.69 Å². The molecule has 98 valence electrons. The third kappa shape index (κ3) is 2.79. The molecule has 1 heterocycles. The molecule has 1 aromatic heterocycles. The van der Waals surface area contributed by atoms with Gasteiger partial charge in [0.25, 0.3) is 0 Å². The van der Waals surface area contributed by atoms with Gasteiger partial charge in [-0.05, 0) is 59.6 Å². The highest BCUT2D eigenvalue weighted by Crippen LogP contribution is 2.27. The number of hydrogen-bond acceptors (Lipinski definition) is 1. The molecule has 1 N–H and O–H groups in total. The zero-order valence-electron chi connectivity index (χ0n) is 10.7. The fourth-order valence-electron chi connectivity index (χ4n) is 2.12. The Balaban J connectivity index is 2.54. The van der Waals surface area contributed by atoms with Crippen molar-refractivity contribution in [2.24, 2.45) is 0 Å². The molecule has 19 heavy (non-hydrogen) atoms. The van der Waals surface area contributed by atoms with Gasteiger partial charge in [0, 0.05) is 21.9 Å². The second kappa shape index (κ2) is 5.45. The predicted octanol–water partition coefficient (Wildman–Crippen LogP) is 3.95. The number of aryl methyl sites for hydroxylation is 1. The van der Waals surface area contributed by atoms with E-state index in [-0.39, 0.29) is 0 Å². The van der Waals surface area contributed by atoms with Gasteiger partial charge in [-0.15, -0.1) is 0 Å². The van der Waals surface area contributed by atoms with Gasteiger partial charge in [-0.2, -0.15) is 0 Å². The van der Waals surface area contributed by atoms with Gasteiger partial charge in [-0.25, -0.2) is 4.79 Å². The van der Waals surface area contributed by atoms with Crippen LogP contribution in [-0.4, -0.2) is 15.6 Å². The number of rotatable bonds is 3. The van der Waals surface area contributed by atoms with Crippen LogP contribution in [0.2, 0.25) is 0 Å². The lowest BCUT2D eigenvalue weighted by molar-refractivity contribution is -0.131. The standard InChI is InChI=1S/C15H14BrNO2/c1-10-9-12(7-8-15(18)19)11(2)17(10)14-6-4-3-5-13(14)16/h3-9H,1-2H3,(H,18,19). The highest BCUT2D eigenvalue weighted by molar-refractivity contribution is 9.10. The summed E-state index contributed by atoms with van der Waals surface area (Å²) in [4.78, 5) is 10.6. The van der Waals surface area contributed by atoms with Crippen molar-refractivity contribution in [3.63, 3.8) is 0 Å². The smallest absolute Gasteiger partial charge is 0.328 e. The van der Waals surface area contributed by atoms with E-state index in [0.717, 1.165) is 33.2 Å². The van der Waals surface area contributed by atoms with Crippen LogP contribution in [-0.2, 0) is 4.79 Å². The predicted molar refractivity (Wildman–Crippen MR) is 79.6 cm³/mol. The molecule has 0 radical (unpaired) electrons. The molecule has 0 spiro atoms. The number of carbonyl (C=O) groups is 1. The van der Waals surface area contributed by atoms with Crippen LogP contribution in [0.1, 0.15) is 17.0 Å². The van der Waals surface area contributed by atoms with Crippen molar-refractivity contribution >= 4 is 28.0 Å². The minimum atomic E-state index is -0.939. The summed E-state index contributed by atoms with van der Waals surface area (Å²) in [7, 11) is 0. The van der Waals surface area contributed by atoms with E-state index in [1.807, 2.05) is 44.2 Å². The van der Waals surface area contributed by atoms with Crippen LogP contribution in [0, 0.1) is 13.8 Å². The van der Waals surface area contributed by atoms with Gasteiger partial charge in [-0.1, -0.05) is 12.1 Å². The van der Waals surface area contributed by atoms with Crippen LogP contribution in [0.15, 0.2) is 40.9 Å². The average molecular weight is 320 g/mol. The van der Waals surface area contributed by atoms with Crippen LogP contribution < -0.4 is 0 Å². The van der Waals surface area contributed by atoms with Crippen molar-refractivity contribution < 1.29 is 9.90 Å². The lowest BCUT2D eigenvalue weighted by Gasteiger charge is -2.11. The molecule has 0 saturated heterocycles. The first-order chi connectivity index (χ1) is 9.00. The minimum Gasteiger partial charge on any atom is -0.478 e. The summed E-state index contributed by atoms with van der Waals surface area (Å²) in [5.74, 6) is -0.939. The molecule has 1 aromatic carbocycles. The van der Waals surface area contributed by atoms with Crippen LogP contribution in [0.3, 0.4) is 0 Å². The maximum absolute atomic E-state index is 10.6. The first-order valence-corrected chi connectivity index (χ1v) is 6.65. The summed E-state index contributed by atoms with van der Waals surface area (Å²) in [5.41, 5.74) is 4.04. The molecule has 2 rings (SSSR count). The molecule has 0 fully saturated rings. The van der Waals surface area contributed by atoms with Crippen molar-refractivity contribution in [3.8, 4) is 5.69 Å². The first kappa shape index (κ1) is 13.6. The SMILES string of the molecule is Cc1cc(C=CC(=O)O)c(C)n1-c1ccccc1Br. The highest BCUT2D eigenvalue weighted by atomic mass is 79.9. The Labute approximate surface area is 120 Å². The van der Waals surface area contributed by atoms with Crippen molar-refractivity contribution in [1.29, 1.82) is 0 Å². The number of aromatic nitrogens is 1. The van der Waals surface area contributed by atoms with E-state index in [0.29, 0.717) is 0 Å². The number of hydrogen-bond donors (Lipinski definition) is 1. The second-order valence-corrected chi connectivity index (χ2v) is 5.14. The zero-order valence-corrected chi connectivity index (χ0v) is 12.3. The van der Waals surface area contributed by atoms with E-state index < -0.39 is 5.97 Å². The van der Waals surface area contributed by atoms with Crippen molar-refractivity contribution in [3.05, 3.63) is 57.8 Å². The summed E-state index contributed by atoms with van der Waals surface area (Å²) in [6.45, 7) is 3.98. The van der Waals surface area contributed by atoms with Crippen LogP contribution >= 0.6 is 15.9 Å². The van der Waals surface area contributed by atoms with E-state index in [4.69, 9.17) is 5.11 Å². The molecule has 0 aliphatic heterocycles. The number of para-hydroxylation sites is 1. The second-order valence-electron chi connectivity index (χ2n) is 4.28. The lowest BCUT2D eigenvalue weighted by Crippen LogP contribution is -1.99. The summed E-state index contributed by atoms with van der Waals surface area (Å²) < 4.78 is 3.11. The molecule has 0 aliphatic carbocycles. The molecular formula is C15H14BrNO2. The molecular weight excluding hydrogens is 306 g/mol. The van der Waals surface area contributed by atoms with Crippen LogP contribution in [0.4, 0.5) is 0 Å². The van der Waals surface area contributed by atoms with Crippen LogP contribution in [0.25, 0.3) is 11.8 Å². The van der Waals surface area contributed by atoms with Crippen molar-refractivity contribution in [2.75, 3.05) is 0 Å². The summed E-state index contributed by atoms with van der Waals surface area (Å²) in [6.07, 6.45) is 2.78. The van der Waals surface area contributed by atoms with Gasteiger partial charge < -0.3 is 9.67 Å². The van der Waals surface area contributed by atoms with Gasteiger partial charge in [-0.3, -0.25) is 0 Å². The number of benzene rings is 1. The number of carboxylic acids is 1. The average Bonchev–Trinajstić information content (AvgIpc) is 2.63. The van der Waals surface area contributed by atoms with E-state index >= 15 is 0 Å².